The maximum Gasteiger partial charge on any atom is 0.165 e. The lowest BCUT2D eigenvalue weighted by Crippen LogP contribution is -2.19. The van der Waals surface area contributed by atoms with Crippen LogP contribution in [0.3, 0.4) is 0 Å². The monoisotopic (exact) mass is 285 g/mol. The number of nitrogens with two attached hydrogens (primary N) is 1. The van der Waals surface area contributed by atoms with E-state index in [1.807, 2.05) is 0 Å². The summed E-state index contributed by atoms with van der Waals surface area (Å²) in [5.74, 6) is 1.27. The first-order valence-electron chi connectivity index (χ1n) is 6.48. The van der Waals surface area contributed by atoms with Crippen molar-refractivity contribution in [1.29, 1.82) is 0 Å². The predicted molar refractivity (Wildman–Crippen MR) is 75.0 cm³/mol. The number of hydrogen-bond donors (Lipinski definition) is 1. The van der Waals surface area contributed by atoms with Crippen LogP contribution in [0.4, 0.5) is 0 Å². The number of benzene rings is 1. The number of hydrogen-bond acceptors (Lipinski definition) is 4. The first kappa shape index (κ1) is 14.4. The second-order valence-electron chi connectivity index (χ2n) is 4.76. The van der Waals surface area contributed by atoms with Crippen LogP contribution < -0.4 is 15.2 Å². The molecule has 1 saturated heterocycles. The quantitative estimate of drug-likeness (QED) is 0.904. The van der Waals surface area contributed by atoms with Crippen LogP contribution >= 0.6 is 11.6 Å². The average molecular weight is 286 g/mol. The molecule has 1 aromatic rings. The largest absolute Gasteiger partial charge is 0.493 e. The number of ether oxygens (including phenoxy) is 3. The molecule has 5 heteroatoms. The minimum atomic E-state index is 0.140. The van der Waals surface area contributed by atoms with Crippen molar-refractivity contribution < 1.29 is 14.2 Å². The summed E-state index contributed by atoms with van der Waals surface area (Å²) in [6, 6.07) is 3.53. The lowest BCUT2D eigenvalue weighted by molar-refractivity contribution is 0.0257. The Hall–Kier alpha value is -0.970. The van der Waals surface area contributed by atoms with Crippen LogP contribution in [-0.2, 0) is 11.3 Å². The zero-order valence-corrected chi connectivity index (χ0v) is 12.1. The molecule has 1 heterocycles. The Morgan fingerprint density at radius 3 is 2.79 bits per heavy atom. The van der Waals surface area contributed by atoms with Crippen molar-refractivity contribution in [1.82, 2.24) is 0 Å². The van der Waals surface area contributed by atoms with E-state index in [1.165, 1.54) is 0 Å². The standard InChI is InChI=1S/C14H20ClNO3/c1-9-3-4-12(19-9)8-18-14-10(7-16)5-11(15)6-13(14)17-2/h5-6,9,12H,3-4,7-8,16H2,1-2H3. The fourth-order valence-corrected chi connectivity index (χ4v) is 2.50. The molecule has 0 amide bonds. The second kappa shape index (κ2) is 6.46. The maximum absolute atomic E-state index is 6.01. The Morgan fingerprint density at radius 1 is 1.42 bits per heavy atom. The van der Waals surface area contributed by atoms with Gasteiger partial charge in [0.25, 0.3) is 0 Å². The molecule has 2 atom stereocenters. The number of methoxy groups -OCH3 is 1. The van der Waals surface area contributed by atoms with Gasteiger partial charge in [0.15, 0.2) is 11.5 Å². The van der Waals surface area contributed by atoms with Crippen molar-refractivity contribution in [2.45, 2.75) is 38.5 Å². The van der Waals surface area contributed by atoms with Crippen molar-refractivity contribution in [2.24, 2.45) is 5.73 Å². The van der Waals surface area contributed by atoms with Gasteiger partial charge in [0.05, 0.1) is 19.3 Å². The highest BCUT2D eigenvalue weighted by molar-refractivity contribution is 6.30. The molecule has 2 rings (SSSR count). The van der Waals surface area contributed by atoms with Gasteiger partial charge in [-0.15, -0.1) is 0 Å². The Kier molecular flexibility index (Phi) is 4.91. The third-order valence-corrected chi connectivity index (χ3v) is 3.49. The molecule has 1 aliphatic heterocycles. The lowest BCUT2D eigenvalue weighted by atomic mass is 10.2. The normalized spacial score (nSPS) is 22.5. The molecule has 19 heavy (non-hydrogen) atoms. The van der Waals surface area contributed by atoms with Crippen LogP contribution in [0.2, 0.25) is 5.02 Å². The summed E-state index contributed by atoms with van der Waals surface area (Å²) in [5, 5.41) is 0.593. The van der Waals surface area contributed by atoms with Gasteiger partial charge in [0, 0.05) is 23.2 Å². The van der Waals surface area contributed by atoms with E-state index in [-0.39, 0.29) is 6.10 Å². The van der Waals surface area contributed by atoms with Gasteiger partial charge in [-0.3, -0.25) is 0 Å². The summed E-state index contributed by atoms with van der Waals surface area (Å²) in [4.78, 5) is 0. The van der Waals surface area contributed by atoms with Crippen molar-refractivity contribution in [2.75, 3.05) is 13.7 Å². The molecule has 0 radical (unpaired) electrons. The molecule has 0 aliphatic carbocycles. The van der Waals surface area contributed by atoms with E-state index in [0.29, 0.717) is 35.8 Å². The number of halogens is 1. The topological polar surface area (TPSA) is 53.7 Å². The van der Waals surface area contributed by atoms with Crippen LogP contribution in [-0.4, -0.2) is 25.9 Å². The Balaban J connectivity index is 2.09. The molecular formula is C14H20ClNO3. The van der Waals surface area contributed by atoms with Crippen molar-refractivity contribution in [3.63, 3.8) is 0 Å². The molecule has 0 spiro atoms. The molecular weight excluding hydrogens is 266 g/mol. The molecule has 1 fully saturated rings. The smallest absolute Gasteiger partial charge is 0.165 e. The van der Waals surface area contributed by atoms with Crippen LogP contribution in [0.25, 0.3) is 0 Å². The molecule has 0 aromatic heterocycles. The van der Waals surface area contributed by atoms with E-state index in [4.69, 9.17) is 31.5 Å². The van der Waals surface area contributed by atoms with Gasteiger partial charge < -0.3 is 19.9 Å². The van der Waals surface area contributed by atoms with Crippen LogP contribution in [0, 0.1) is 0 Å². The Morgan fingerprint density at radius 2 is 2.21 bits per heavy atom. The summed E-state index contributed by atoms with van der Waals surface area (Å²) in [5.41, 5.74) is 6.57. The van der Waals surface area contributed by atoms with Crippen LogP contribution in [0.15, 0.2) is 12.1 Å². The third-order valence-electron chi connectivity index (χ3n) is 3.27. The molecule has 1 aliphatic rings. The van der Waals surface area contributed by atoms with Gasteiger partial charge in [-0.25, -0.2) is 0 Å². The highest BCUT2D eigenvalue weighted by Crippen LogP contribution is 2.35. The van der Waals surface area contributed by atoms with Crippen LogP contribution in [0.5, 0.6) is 11.5 Å². The van der Waals surface area contributed by atoms with E-state index in [2.05, 4.69) is 6.92 Å². The van der Waals surface area contributed by atoms with E-state index in [1.54, 1.807) is 19.2 Å². The molecule has 2 N–H and O–H groups in total. The third kappa shape index (κ3) is 3.53. The fraction of sp³-hybridized carbons (Fsp3) is 0.571. The van der Waals surface area contributed by atoms with Crippen molar-refractivity contribution >= 4 is 11.6 Å². The molecule has 1 aromatic carbocycles. The Labute approximate surface area is 118 Å². The molecule has 4 nitrogen and oxygen atoms in total. The predicted octanol–water partition coefficient (Wildman–Crippen LogP) is 2.75. The van der Waals surface area contributed by atoms with Gasteiger partial charge in [0.2, 0.25) is 0 Å². The lowest BCUT2D eigenvalue weighted by Gasteiger charge is -2.17. The summed E-state index contributed by atoms with van der Waals surface area (Å²) < 4.78 is 16.9. The average Bonchev–Trinajstić information content (AvgIpc) is 2.81. The van der Waals surface area contributed by atoms with E-state index in [0.717, 1.165) is 18.4 Å². The van der Waals surface area contributed by atoms with E-state index in [9.17, 15) is 0 Å². The maximum atomic E-state index is 6.01. The molecule has 0 saturated carbocycles. The fourth-order valence-electron chi connectivity index (χ4n) is 2.27. The Bertz CT molecular complexity index is 414. The minimum Gasteiger partial charge on any atom is -0.493 e. The van der Waals surface area contributed by atoms with E-state index < -0.39 is 0 Å². The first-order valence-corrected chi connectivity index (χ1v) is 6.86. The second-order valence-corrected chi connectivity index (χ2v) is 5.19. The van der Waals surface area contributed by atoms with Crippen LogP contribution in [0.1, 0.15) is 25.3 Å². The van der Waals surface area contributed by atoms with Gasteiger partial charge in [-0.2, -0.15) is 0 Å². The van der Waals surface area contributed by atoms with E-state index >= 15 is 0 Å². The van der Waals surface area contributed by atoms with Gasteiger partial charge >= 0.3 is 0 Å². The van der Waals surface area contributed by atoms with Crippen molar-refractivity contribution in [3.05, 3.63) is 22.7 Å². The summed E-state index contributed by atoms with van der Waals surface area (Å²) in [7, 11) is 1.59. The number of rotatable bonds is 5. The van der Waals surface area contributed by atoms with Crippen molar-refractivity contribution in [3.8, 4) is 11.5 Å². The van der Waals surface area contributed by atoms with Gasteiger partial charge in [-0.05, 0) is 25.8 Å². The minimum absolute atomic E-state index is 0.140. The highest BCUT2D eigenvalue weighted by atomic mass is 35.5. The molecule has 0 bridgehead atoms. The van der Waals surface area contributed by atoms with Gasteiger partial charge in [0.1, 0.15) is 6.61 Å². The highest BCUT2D eigenvalue weighted by Gasteiger charge is 2.23. The first-order chi connectivity index (χ1) is 9.13. The summed E-state index contributed by atoms with van der Waals surface area (Å²) in [6.45, 7) is 2.94. The SMILES string of the molecule is COc1cc(Cl)cc(CN)c1OCC1CCC(C)O1. The molecule has 106 valence electrons. The summed E-state index contributed by atoms with van der Waals surface area (Å²) >= 11 is 6.01. The van der Waals surface area contributed by atoms with Gasteiger partial charge in [-0.1, -0.05) is 11.6 Å². The summed E-state index contributed by atoms with van der Waals surface area (Å²) in [6.07, 6.45) is 2.56. The zero-order chi connectivity index (χ0) is 13.8. The zero-order valence-electron chi connectivity index (χ0n) is 11.3. The molecule has 2 unspecified atom stereocenters.